The van der Waals surface area contributed by atoms with Crippen molar-refractivity contribution >= 4 is 17.6 Å². The Morgan fingerprint density at radius 1 is 1.19 bits per heavy atom. The van der Waals surface area contributed by atoms with Crippen LogP contribution in [-0.4, -0.2) is 18.3 Å². The second-order valence-corrected chi connectivity index (χ2v) is 5.04. The molecule has 0 spiro atoms. The van der Waals surface area contributed by atoms with Crippen LogP contribution < -0.4 is 15.4 Å². The Hall–Kier alpha value is -3.43. The lowest BCUT2D eigenvalue weighted by molar-refractivity contribution is -0.142. The quantitative estimate of drug-likeness (QED) is 0.703. The fourth-order valence-electron chi connectivity index (χ4n) is 2.13. The van der Waals surface area contributed by atoms with Crippen LogP contribution in [0.4, 0.5) is 29.5 Å². The van der Waals surface area contributed by atoms with E-state index in [9.17, 15) is 18.0 Å². The molecule has 7 nitrogen and oxygen atoms in total. The largest absolute Gasteiger partial charge is 0.497 e. The van der Waals surface area contributed by atoms with Gasteiger partial charge in [0.05, 0.1) is 19.1 Å². The molecule has 2 aromatic heterocycles. The SMILES string of the molecule is COc1ccc(NC(=O)Nc2cc(C(F)(F)F)no2)c(-c2ccco2)c1. The maximum Gasteiger partial charge on any atom is 0.436 e. The lowest BCUT2D eigenvalue weighted by atomic mass is 10.1. The van der Waals surface area contributed by atoms with E-state index in [0.29, 0.717) is 28.8 Å². The van der Waals surface area contributed by atoms with Crippen LogP contribution in [0.15, 0.2) is 51.6 Å². The number of carbonyl (C=O) groups is 1. The van der Waals surface area contributed by atoms with Crippen molar-refractivity contribution in [2.75, 3.05) is 17.7 Å². The van der Waals surface area contributed by atoms with Gasteiger partial charge in [0, 0.05) is 11.6 Å². The van der Waals surface area contributed by atoms with Gasteiger partial charge in [-0.1, -0.05) is 5.16 Å². The van der Waals surface area contributed by atoms with Crippen molar-refractivity contribution in [2.45, 2.75) is 6.18 Å². The average molecular weight is 367 g/mol. The molecule has 0 aliphatic carbocycles. The number of carbonyl (C=O) groups excluding carboxylic acids is 1. The zero-order valence-corrected chi connectivity index (χ0v) is 13.3. The molecule has 26 heavy (non-hydrogen) atoms. The molecule has 3 rings (SSSR count). The number of aromatic nitrogens is 1. The molecule has 0 radical (unpaired) electrons. The van der Waals surface area contributed by atoms with Crippen molar-refractivity contribution < 1.29 is 31.6 Å². The highest BCUT2D eigenvalue weighted by atomic mass is 19.4. The molecule has 2 heterocycles. The predicted octanol–water partition coefficient (Wildman–Crippen LogP) is 4.61. The summed E-state index contributed by atoms with van der Waals surface area (Å²) in [5.41, 5.74) is -0.361. The van der Waals surface area contributed by atoms with Gasteiger partial charge in [0.2, 0.25) is 5.88 Å². The van der Waals surface area contributed by atoms with Crippen molar-refractivity contribution in [1.29, 1.82) is 0 Å². The van der Waals surface area contributed by atoms with E-state index in [2.05, 4.69) is 20.3 Å². The number of benzene rings is 1. The Labute approximate surface area is 144 Å². The number of rotatable bonds is 4. The Kier molecular flexibility index (Phi) is 4.57. The van der Waals surface area contributed by atoms with Crippen LogP contribution in [0.2, 0.25) is 0 Å². The first kappa shape index (κ1) is 17.4. The van der Waals surface area contributed by atoms with Gasteiger partial charge in [-0.25, -0.2) is 4.79 Å². The number of methoxy groups -OCH3 is 1. The van der Waals surface area contributed by atoms with Gasteiger partial charge in [0.15, 0.2) is 5.69 Å². The fraction of sp³-hybridized carbons (Fsp3) is 0.125. The molecule has 10 heteroatoms. The molecule has 0 saturated heterocycles. The summed E-state index contributed by atoms with van der Waals surface area (Å²) in [5, 5.41) is 7.51. The lowest BCUT2D eigenvalue weighted by Gasteiger charge is -2.11. The number of halogens is 3. The zero-order chi connectivity index (χ0) is 18.7. The monoisotopic (exact) mass is 367 g/mol. The van der Waals surface area contributed by atoms with Gasteiger partial charge in [-0.3, -0.25) is 5.32 Å². The number of alkyl halides is 3. The van der Waals surface area contributed by atoms with Gasteiger partial charge in [-0.2, -0.15) is 13.2 Å². The van der Waals surface area contributed by atoms with Crippen LogP contribution in [0.1, 0.15) is 5.69 Å². The van der Waals surface area contributed by atoms with Crippen molar-refractivity contribution in [1.82, 2.24) is 5.16 Å². The van der Waals surface area contributed by atoms with Crippen LogP contribution in [0.25, 0.3) is 11.3 Å². The molecule has 2 amide bonds. The van der Waals surface area contributed by atoms with E-state index in [1.165, 1.54) is 13.4 Å². The second kappa shape index (κ2) is 6.82. The Morgan fingerprint density at radius 3 is 2.62 bits per heavy atom. The molecule has 0 saturated carbocycles. The maximum absolute atomic E-state index is 12.5. The number of hydrogen-bond donors (Lipinski definition) is 2. The van der Waals surface area contributed by atoms with Crippen LogP contribution in [0, 0.1) is 0 Å². The van der Waals surface area contributed by atoms with E-state index in [1.807, 2.05) is 0 Å². The van der Waals surface area contributed by atoms with Gasteiger partial charge in [-0.15, -0.1) is 0 Å². The number of urea groups is 1. The molecular formula is C16H12F3N3O4. The van der Waals surface area contributed by atoms with E-state index in [-0.39, 0.29) is 0 Å². The fourth-order valence-corrected chi connectivity index (χ4v) is 2.13. The summed E-state index contributed by atoms with van der Waals surface area (Å²) in [6.07, 6.45) is -3.20. The van der Waals surface area contributed by atoms with Gasteiger partial charge < -0.3 is 19.0 Å². The van der Waals surface area contributed by atoms with Crippen molar-refractivity contribution in [3.05, 3.63) is 48.4 Å². The third kappa shape index (κ3) is 3.79. The molecule has 0 fully saturated rings. The van der Waals surface area contributed by atoms with Gasteiger partial charge in [-0.05, 0) is 30.3 Å². The van der Waals surface area contributed by atoms with Crippen LogP contribution in [0.5, 0.6) is 5.75 Å². The Balaban J connectivity index is 1.78. The summed E-state index contributed by atoms with van der Waals surface area (Å²) in [6.45, 7) is 0. The molecule has 1 aromatic carbocycles. The molecule has 136 valence electrons. The minimum atomic E-state index is -4.66. The predicted molar refractivity (Wildman–Crippen MR) is 84.8 cm³/mol. The van der Waals surface area contributed by atoms with Crippen LogP contribution >= 0.6 is 0 Å². The summed E-state index contributed by atoms with van der Waals surface area (Å²) >= 11 is 0. The first-order chi connectivity index (χ1) is 12.4. The van der Waals surface area contributed by atoms with E-state index < -0.39 is 23.8 Å². The maximum atomic E-state index is 12.5. The van der Waals surface area contributed by atoms with Gasteiger partial charge in [0.1, 0.15) is 11.5 Å². The highest BCUT2D eigenvalue weighted by molar-refractivity contribution is 6.01. The topological polar surface area (TPSA) is 89.5 Å². The first-order valence-electron chi connectivity index (χ1n) is 7.20. The number of ether oxygens (including phenoxy) is 1. The number of hydrogen-bond acceptors (Lipinski definition) is 5. The van der Waals surface area contributed by atoms with E-state index in [4.69, 9.17) is 9.15 Å². The molecule has 3 aromatic rings. The number of anilines is 2. The van der Waals surface area contributed by atoms with Crippen LogP contribution in [-0.2, 0) is 6.18 Å². The highest BCUT2D eigenvalue weighted by Gasteiger charge is 2.35. The molecule has 0 atom stereocenters. The number of furan rings is 1. The third-order valence-electron chi connectivity index (χ3n) is 3.30. The summed E-state index contributed by atoms with van der Waals surface area (Å²) in [6, 6.07) is 7.95. The number of amides is 2. The van der Waals surface area contributed by atoms with E-state index >= 15 is 0 Å². The smallest absolute Gasteiger partial charge is 0.436 e. The molecule has 0 aliphatic heterocycles. The van der Waals surface area contributed by atoms with Crippen molar-refractivity contribution in [3.8, 4) is 17.1 Å². The lowest BCUT2D eigenvalue weighted by Crippen LogP contribution is -2.19. The number of nitrogens with zero attached hydrogens (tertiary/aromatic N) is 1. The molecule has 0 aliphatic rings. The molecule has 2 N–H and O–H groups in total. The standard InChI is InChI=1S/C16H12F3N3O4/c1-24-9-4-5-11(10(7-9)12-3-2-6-25-12)20-15(23)21-14-8-13(22-26-14)16(17,18)19/h2-8H,1H3,(H2,20,21,23). The Bertz CT molecular complexity index is 904. The number of nitrogens with one attached hydrogen (secondary N) is 2. The summed E-state index contributed by atoms with van der Waals surface area (Å²) in [7, 11) is 1.49. The summed E-state index contributed by atoms with van der Waals surface area (Å²) in [4.78, 5) is 12.1. The van der Waals surface area contributed by atoms with E-state index in [1.54, 1.807) is 30.3 Å². The molecule has 0 bridgehead atoms. The van der Waals surface area contributed by atoms with Gasteiger partial charge >= 0.3 is 12.2 Å². The average Bonchev–Trinajstić information content (AvgIpc) is 3.26. The third-order valence-corrected chi connectivity index (χ3v) is 3.30. The van der Waals surface area contributed by atoms with Crippen LogP contribution in [0.3, 0.4) is 0 Å². The molecular weight excluding hydrogens is 355 g/mol. The minimum absolute atomic E-state index is 0.355. The highest BCUT2D eigenvalue weighted by Crippen LogP contribution is 2.33. The van der Waals surface area contributed by atoms with E-state index in [0.717, 1.165) is 0 Å². The minimum Gasteiger partial charge on any atom is -0.497 e. The van der Waals surface area contributed by atoms with Crippen molar-refractivity contribution in [3.63, 3.8) is 0 Å². The Morgan fingerprint density at radius 2 is 2.00 bits per heavy atom. The molecule has 0 unspecified atom stereocenters. The first-order valence-corrected chi connectivity index (χ1v) is 7.20. The second-order valence-electron chi connectivity index (χ2n) is 5.04. The van der Waals surface area contributed by atoms with Crippen molar-refractivity contribution in [2.24, 2.45) is 0 Å². The zero-order valence-electron chi connectivity index (χ0n) is 13.3. The van der Waals surface area contributed by atoms with Gasteiger partial charge in [0.25, 0.3) is 0 Å². The normalized spacial score (nSPS) is 11.2. The summed E-state index contributed by atoms with van der Waals surface area (Å²) in [5.74, 6) is 0.563. The summed E-state index contributed by atoms with van der Waals surface area (Å²) < 4.78 is 52.4.